The molecule has 0 fully saturated rings. The maximum Gasteiger partial charge on any atom is 0.306 e. The molecule has 0 aliphatic rings. The van der Waals surface area contributed by atoms with Crippen LogP contribution in [-0.2, 0) is 28.6 Å². The minimum absolute atomic E-state index is 0.158. The van der Waals surface area contributed by atoms with Gasteiger partial charge in [0.15, 0.2) is 6.10 Å². The van der Waals surface area contributed by atoms with Crippen molar-refractivity contribution in [2.45, 2.75) is 269 Å². The second kappa shape index (κ2) is 43.3. The van der Waals surface area contributed by atoms with Gasteiger partial charge in [-0.3, -0.25) is 14.4 Å². The van der Waals surface area contributed by atoms with Crippen molar-refractivity contribution in [2.75, 3.05) is 19.8 Å². The van der Waals surface area contributed by atoms with E-state index in [4.69, 9.17) is 19.3 Å². The third-order valence-electron chi connectivity index (χ3n) is 11.2. The van der Waals surface area contributed by atoms with Crippen LogP contribution in [0.25, 0.3) is 0 Å². The number of ether oxygens (including phenoxy) is 3. The highest BCUT2D eigenvalue weighted by Crippen LogP contribution is 2.17. The van der Waals surface area contributed by atoms with E-state index in [0.29, 0.717) is 32.1 Å². The predicted octanol–water partition coefficient (Wildman–Crippen LogP) is 11.1. The van der Waals surface area contributed by atoms with Crippen molar-refractivity contribution in [3.05, 3.63) is 0 Å². The number of carbonyl (C=O) groups excluding carboxylic acids is 3. The Labute approximate surface area is 355 Å². The molecule has 0 bridgehead atoms. The third-order valence-corrected chi connectivity index (χ3v) is 11.2. The molecule has 0 aromatic rings. The molecular formula is C48H92O10. The maximum absolute atomic E-state index is 12.7. The summed E-state index contributed by atoms with van der Waals surface area (Å²) in [5, 5.41) is 38.9. The fraction of sp³-hybridized carbons (Fsp3) is 0.938. The number of aliphatic hydroxyl groups excluding tert-OH is 4. The molecule has 344 valence electrons. The van der Waals surface area contributed by atoms with Gasteiger partial charge in [-0.15, -0.1) is 0 Å². The Balaban J connectivity index is 4.40. The molecule has 0 heterocycles. The smallest absolute Gasteiger partial charge is 0.306 e. The standard InChI is InChI=1S/C48H92O10/c1-3-5-7-9-11-12-13-14-15-16-17-18-24-32-38-48(55)58-43(40-56-46(53)36-30-25-19-21-27-33-42(50)39-49)41-57-47(54)37-31-26-20-23-29-35-45(52)44(51)34-28-22-10-8-6-4-2/h42-45,49-52H,3-41H2,1-2H3. The van der Waals surface area contributed by atoms with Gasteiger partial charge in [-0.2, -0.15) is 0 Å². The van der Waals surface area contributed by atoms with Crippen LogP contribution in [0, 0.1) is 0 Å². The molecule has 0 aromatic carbocycles. The van der Waals surface area contributed by atoms with Gasteiger partial charge >= 0.3 is 17.9 Å². The lowest BCUT2D eigenvalue weighted by Crippen LogP contribution is -2.30. The Kier molecular flexibility index (Phi) is 42.0. The van der Waals surface area contributed by atoms with Crippen molar-refractivity contribution in [3.8, 4) is 0 Å². The van der Waals surface area contributed by atoms with Crippen molar-refractivity contribution in [1.29, 1.82) is 0 Å². The van der Waals surface area contributed by atoms with E-state index in [2.05, 4.69) is 13.8 Å². The molecule has 0 aliphatic heterocycles. The van der Waals surface area contributed by atoms with Gasteiger partial charge in [0.1, 0.15) is 13.2 Å². The molecular weight excluding hydrogens is 737 g/mol. The Morgan fingerprint density at radius 3 is 1.03 bits per heavy atom. The van der Waals surface area contributed by atoms with Crippen molar-refractivity contribution in [1.82, 2.24) is 0 Å². The van der Waals surface area contributed by atoms with Crippen molar-refractivity contribution >= 4 is 17.9 Å². The van der Waals surface area contributed by atoms with Crippen LogP contribution in [0.15, 0.2) is 0 Å². The summed E-state index contributed by atoms with van der Waals surface area (Å²) in [5.74, 6) is -1.13. The molecule has 10 nitrogen and oxygen atoms in total. The SMILES string of the molecule is CCCCCCCCCCCCCCCCC(=O)OC(COC(=O)CCCCCCCC(O)CO)COC(=O)CCCCCCCC(O)C(O)CCCCCCCC. The molecule has 0 radical (unpaired) electrons. The van der Waals surface area contributed by atoms with Crippen LogP contribution in [0.1, 0.15) is 245 Å². The maximum atomic E-state index is 12.7. The molecule has 0 saturated heterocycles. The molecule has 0 saturated carbocycles. The first-order valence-electron chi connectivity index (χ1n) is 24.4. The van der Waals surface area contributed by atoms with Gasteiger partial charge < -0.3 is 34.6 Å². The Bertz CT molecular complexity index is 915. The van der Waals surface area contributed by atoms with Crippen LogP contribution in [0.2, 0.25) is 0 Å². The summed E-state index contributed by atoms with van der Waals surface area (Å²) in [6.45, 7) is 3.91. The van der Waals surface area contributed by atoms with Crippen LogP contribution in [-0.4, -0.2) is 82.6 Å². The van der Waals surface area contributed by atoms with E-state index in [-0.39, 0.29) is 57.0 Å². The van der Waals surface area contributed by atoms with E-state index < -0.39 is 24.4 Å². The Morgan fingerprint density at radius 1 is 0.397 bits per heavy atom. The van der Waals surface area contributed by atoms with Gasteiger partial charge in [-0.25, -0.2) is 0 Å². The minimum Gasteiger partial charge on any atom is -0.462 e. The zero-order valence-electron chi connectivity index (χ0n) is 37.6. The molecule has 4 atom stereocenters. The normalized spacial score (nSPS) is 13.6. The van der Waals surface area contributed by atoms with Crippen molar-refractivity contribution < 1.29 is 49.0 Å². The number of esters is 3. The van der Waals surface area contributed by atoms with E-state index in [9.17, 15) is 29.7 Å². The van der Waals surface area contributed by atoms with Gasteiger partial charge in [0.25, 0.3) is 0 Å². The average molecular weight is 829 g/mol. The fourth-order valence-corrected chi connectivity index (χ4v) is 7.28. The van der Waals surface area contributed by atoms with E-state index >= 15 is 0 Å². The quantitative estimate of drug-likeness (QED) is 0.0264. The van der Waals surface area contributed by atoms with Crippen molar-refractivity contribution in [3.63, 3.8) is 0 Å². The lowest BCUT2D eigenvalue weighted by Gasteiger charge is -2.18. The van der Waals surface area contributed by atoms with E-state index in [1.807, 2.05) is 0 Å². The highest BCUT2D eigenvalue weighted by molar-refractivity contribution is 5.71. The molecule has 4 N–H and O–H groups in total. The number of rotatable bonds is 45. The summed E-state index contributed by atoms with van der Waals surface area (Å²) < 4.78 is 16.5. The van der Waals surface area contributed by atoms with Crippen LogP contribution >= 0.6 is 0 Å². The Morgan fingerprint density at radius 2 is 0.690 bits per heavy atom. The van der Waals surface area contributed by atoms with Crippen LogP contribution < -0.4 is 0 Å². The van der Waals surface area contributed by atoms with Gasteiger partial charge in [-0.1, -0.05) is 187 Å². The summed E-state index contributed by atoms with van der Waals surface area (Å²) in [6, 6.07) is 0. The molecule has 10 heteroatoms. The van der Waals surface area contributed by atoms with Crippen LogP contribution in [0.5, 0.6) is 0 Å². The van der Waals surface area contributed by atoms with Gasteiger partial charge in [0.2, 0.25) is 0 Å². The summed E-state index contributed by atoms with van der Waals surface area (Å²) in [5.41, 5.74) is 0. The number of aliphatic hydroxyl groups is 4. The summed E-state index contributed by atoms with van der Waals surface area (Å²) >= 11 is 0. The van der Waals surface area contributed by atoms with Crippen LogP contribution in [0.4, 0.5) is 0 Å². The molecule has 0 aliphatic carbocycles. The number of hydrogen-bond donors (Lipinski definition) is 4. The zero-order valence-corrected chi connectivity index (χ0v) is 37.6. The Hall–Kier alpha value is -1.75. The molecule has 0 aromatic heterocycles. The van der Waals surface area contributed by atoms with E-state index in [1.54, 1.807) is 0 Å². The third kappa shape index (κ3) is 39.7. The zero-order chi connectivity index (χ0) is 42.7. The first kappa shape index (κ1) is 56.2. The topological polar surface area (TPSA) is 160 Å². The lowest BCUT2D eigenvalue weighted by molar-refractivity contribution is -0.167. The molecule has 4 unspecified atom stereocenters. The predicted molar refractivity (Wildman–Crippen MR) is 234 cm³/mol. The highest BCUT2D eigenvalue weighted by Gasteiger charge is 2.20. The molecule has 58 heavy (non-hydrogen) atoms. The minimum atomic E-state index is -0.854. The first-order valence-corrected chi connectivity index (χ1v) is 24.4. The largest absolute Gasteiger partial charge is 0.462 e. The number of unbranched alkanes of at least 4 members (excludes halogenated alkanes) is 26. The monoisotopic (exact) mass is 829 g/mol. The van der Waals surface area contributed by atoms with Crippen LogP contribution in [0.3, 0.4) is 0 Å². The molecule has 0 rings (SSSR count). The van der Waals surface area contributed by atoms with Gasteiger partial charge in [0, 0.05) is 19.3 Å². The molecule has 0 spiro atoms. The van der Waals surface area contributed by atoms with E-state index in [1.165, 1.54) is 96.3 Å². The van der Waals surface area contributed by atoms with E-state index in [0.717, 1.165) is 83.5 Å². The second-order valence-electron chi connectivity index (χ2n) is 17.0. The second-order valence-corrected chi connectivity index (χ2v) is 17.0. The number of hydrogen-bond acceptors (Lipinski definition) is 10. The first-order chi connectivity index (χ1) is 28.2. The summed E-state index contributed by atoms with van der Waals surface area (Å²) in [4.78, 5) is 37.7. The number of carbonyl (C=O) groups is 3. The highest BCUT2D eigenvalue weighted by atomic mass is 16.6. The van der Waals surface area contributed by atoms with Gasteiger partial charge in [-0.05, 0) is 38.5 Å². The summed E-state index contributed by atoms with van der Waals surface area (Å²) in [6.07, 6.45) is 32.3. The molecule has 0 amide bonds. The average Bonchev–Trinajstić information content (AvgIpc) is 3.22. The van der Waals surface area contributed by atoms with Crippen molar-refractivity contribution in [2.24, 2.45) is 0 Å². The lowest BCUT2D eigenvalue weighted by atomic mass is 9.99. The summed E-state index contributed by atoms with van der Waals surface area (Å²) in [7, 11) is 0. The fourth-order valence-electron chi connectivity index (χ4n) is 7.28. The van der Waals surface area contributed by atoms with Gasteiger partial charge in [0.05, 0.1) is 24.9 Å².